The summed E-state index contributed by atoms with van der Waals surface area (Å²) in [4.78, 5) is 24.3. The summed E-state index contributed by atoms with van der Waals surface area (Å²) in [6.07, 6.45) is 1.56. The second kappa shape index (κ2) is 6.06. The lowest BCUT2D eigenvalue weighted by atomic mass is 10.0. The Morgan fingerprint density at radius 2 is 1.87 bits per heavy atom. The van der Waals surface area contributed by atoms with Crippen molar-refractivity contribution in [3.8, 4) is 11.1 Å². The lowest BCUT2D eigenvalue weighted by Crippen LogP contribution is -2.34. The van der Waals surface area contributed by atoms with Crippen LogP contribution in [0.4, 0.5) is 0 Å². The Balaban J connectivity index is 2.28. The van der Waals surface area contributed by atoms with E-state index in [1.165, 1.54) is 0 Å². The zero-order valence-corrected chi connectivity index (χ0v) is 12.7. The fourth-order valence-electron chi connectivity index (χ4n) is 2.70. The summed E-state index contributed by atoms with van der Waals surface area (Å²) in [6, 6.07) is 15.6. The van der Waals surface area contributed by atoms with Crippen LogP contribution in [0.25, 0.3) is 22.0 Å². The highest BCUT2D eigenvalue weighted by Gasteiger charge is 2.14. The van der Waals surface area contributed by atoms with Gasteiger partial charge < -0.3 is 4.57 Å². The predicted octanol–water partition coefficient (Wildman–Crippen LogP) is 2.29. The first kappa shape index (κ1) is 15.0. The Hall–Kier alpha value is -2.92. The maximum Gasteiger partial charge on any atom is 0.270 e. The number of hydrogen-bond donors (Lipinski definition) is 2. The highest BCUT2D eigenvalue weighted by Crippen LogP contribution is 2.23. The van der Waals surface area contributed by atoms with Gasteiger partial charge in [0.15, 0.2) is 0 Å². The Morgan fingerprint density at radius 3 is 2.52 bits per heavy atom. The van der Waals surface area contributed by atoms with Crippen LogP contribution < -0.4 is 16.7 Å². The molecule has 0 spiro atoms. The van der Waals surface area contributed by atoms with Gasteiger partial charge in [0.25, 0.3) is 5.91 Å². The van der Waals surface area contributed by atoms with Crippen molar-refractivity contribution in [1.82, 2.24) is 9.99 Å². The summed E-state index contributed by atoms with van der Waals surface area (Å²) in [5, 5.41) is 0.507. The number of nitrogens with zero attached hydrogens (tertiary/aromatic N) is 1. The fraction of sp³-hybridized carbons (Fsp3) is 0.111. The molecule has 3 N–H and O–H groups in total. The minimum Gasteiger partial charge on any atom is -0.347 e. The van der Waals surface area contributed by atoms with E-state index >= 15 is 0 Å². The molecule has 0 saturated carbocycles. The molecule has 3 rings (SSSR count). The van der Waals surface area contributed by atoms with Gasteiger partial charge in [0, 0.05) is 18.1 Å². The van der Waals surface area contributed by atoms with Crippen LogP contribution in [-0.2, 0) is 6.54 Å². The van der Waals surface area contributed by atoms with E-state index in [0.717, 1.165) is 16.6 Å². The van der Waals surface area contributed by atoms with Crippen molar-refractivity contribution in [3.05, 3.63) is 70.5 Å². The molecule has 0 aliphatic rings. The lowest BCUT2D eigenvalue weighted by molar-refractivity contribution is 0.0952. The Morgan fingerprint density at radius 1 is 1.13 bits per heavy atom. The third-order valence-corrected chi connectivity index (χ3v) is 3.90. The van der Waals surface area contributed by atoms with E-state index < -0.39 is 5.91 Å². The van der Waals surface area contributed by atoms with Gasteiger partial charge in [0.05, 0.1) is 5.52 Å². The lowest BCUT2D eigenvalue weighted by Gasteiger charge is -2.12. The molecule has 5 heteroatoms. The number of nitrogens with one attached hydrogen (secondary N) is 1. The van der Waals surface area contributed by atoms with Gasteiger partial charge in [-0.25, -0.2) is 5.84 Å². The average Bonchev–Trinajstić information content (AvgIpc) is 2.62. The molecule has 0 aliphatic carbocycles. The van der Waals surface area contributed by atoms with Crippen molar-refractivity contribution in [2.45, 2.75) is 13.5 Å². The molecule has 0 atom stereocenters. The number of nitrogen functional groups attached to an aromatic ring is 1. The number of carbonyl (C=O) groups is 1. The first-order valence-electron chi connectivity index (χ1n) is 7.39. The summed E-state index contributed by atoms with van der Waals surface area (Å²) in [7, 11) is 0. The Labute approximate surface area is 133 Å². The van der Waals surface area contributed by atoms with Gasteiger partial charge in [-0.15, -0.1) is 0 Å². The summed E-state index contributed by atoms with van der Waals surface area (Å²) in [5.74, 6) is 4.58. The van der Waals surface area contributed by atoms with E-state index in [9.17, 15) is 9.59 Å². The van der Waals surface area contributed by atoms with E-state index in [0.29, 0.717) is 11.9 Å². The zero-order chi connectivity index (χ0) is 16.4. The van der Waals surface area contributed by atoms with Crippen molar-refractivity contribution in [1.29, 1.82) is 0 Å². The van der Waals surface area contributed by atoms with Crippen molar-refractivity contribution in [2.75, 3.05) is 0 Å². The van der Waals surface area contributed by atoms with Crippen LogP contribution in [0.2, 0.25) is 0 Å². The normalized spacial score (nSPS) is 10.7. The third-order valence-electron chi connectivity index (χ3n) is 3.90. The molecular formula is C18H17N3O2. The topological polar surface area (TPSA) is 77.1 Å². The molecule has 116 valence electrons. The van der Waals surface area contributed by atoms with Crippen LogP contribution in [0.5, 0.6) is 0 Å². The van der Waals surface area contributed by atoms with Crippen LogP contribution in [0.3, 0.4) is 0 Å². The molecule has 1 heterocycles. The quantitative estimate of drug-likeness (QED) is 0.443. The number of benzene rings is 2. The molecule has 0 unspecified atom stereocenters. The number of nitrogens with two attached hydrogens (primary N) is 1. The standard InChI is InChI=1S/C18H17N3O2/c1-2-21-11-15(18(23)20-19)17(22)14-9-8-13(10-16(14)21)12-6-4-3-5-7-12/h3-11H,2,19H2,1H3,(H,20,23). The molecule has 0 saturated heterocycles. The number of hydrogen-bond acceptors (Lipinski definition) is 3. The van der Waals surface area contributed by atoms with Crippen LogP contribution in [-0.4, -0.2) is 10.5 Å². The number of pyridine rings is 1. The summed E-state index contributed by atoms with van der Waals surface area (Å²) >= 11 is 0. The van der Waals surface area contributed by atoms with Crippen LogP contribution in [0, 0.1) is 0 Å². The Bertz CT molecular complexity index is 930. The molecular weight excluding hydrogens is 290 g/mol. The van der Waals surface area contributed by atoms with Gasteiger partial charge >= 0.3 is 0 Å². The number of amides is 1. The van der Waals surface area contributed by atoms with Crippen molar-refractivity contribution < 1.29 is 4.79 Å². The molecule has 0 bridgehead atoms. The Kier molecular flexibility index (Phi) is 3.95. The van der Waals surface area contributed by atoms with Crippen LogP contribution in [0.1, 0.15) is 17.3 Å². The van der Waals surface area contributed by atoms with Gasteiger partial charge in [-0.05, 0) is 30.2 Å². The first-order chi connectivity index (χ1) is 11.2. The minimum atomic E-state index is -0.578. The van der Waals surface area contributed by atoms with Crippen molar-refractivity contribution >= 4 is 16.8 Å². The van der Waals surface area contributed by atoms with Crippen molar-refractivity contribution in [2.24, 2.45) is 5.84 Å². The highest BCUT2D eigenvalue weighted by atomic mass is 16.2. The van der Waals surface area contributed by atoms with E-state index in [1.54, 1.807) is 12.3 Å². The summed E-state index contributed by atoms with van der Waals surface area (Å²) in [5.41, 5.74) is 4.66. The molecule has 1 aromatic heterocycles. The molecule has 0 fully saturated rings. The highest BCUT2D eigenvalue weighted by molar-refractivity contribution is 5.97. The number of fused-ring (bicyclic) bond motifs is 1. The molecule has 0 aliphatic heterocycles. The van der Waals surface area contributed by atoms with Crippen LogP contribution >= 0.6 is 0 Å². The van der Waals surface area contributed by atoms with Gasteiger partial charge in [0.2, 0.25) is 5.43 Å². The molecule has 5 nitrogen and oxygen atoms in total. The molecule has 3 aromatic rings. The number of aryl methyl sites for hydroxylation is 1. The molecule has 1 amide bonds. The van der Waals surface area contributed by atoms with Crippen molar-refractivity contribution in [3.63, 3.8) is 0 Å². The largest absolute Gasteiger partial charge is 0.347 e. The number of aromatic nitrogens is 1. The molecule has 0 radical (unpaired) electrons. The maximum atomic E-state index is 12.5. The smallest absolute Gasteiger partial charge is 0.270 e. The second-order valence-corrected chi connectivity index (χ2v) is 5.23. The van der Waals surface area contributed by atoms with Gasteiger partial charge in [-0.3, -0.25) is 15.0 Å². The van der Waals surface area contributed by atoms with E-state index in [-0.39, 0.29) is 11.0 Å². The molecule has 2 aromatic carbocycles. The first-order valence-corrected chi connectivity index (χ1v) is 7.39. The van der Waals surface area contributed by atoms with Gasteiger partial charge in [0.1, 0.15) is 5.56 Å². The fourth-order valence-corrected chi connectivity index (χ4v) is 2.70. The van der Waals surface area contributed by atoms with E-state index in [1.807, 2.05) is 59.4 Å². The third kappa shape index (κ3) is 2.62. The van der Waals surface area contributed by atoms with E-state index in [4.69, 9.17) is 5.84 Å². The molecule has 23 heavy (non-hydrogen) atoms. The maximum absolute atomic E-state index is 12.5. The number of carbonyl (C=O) groups excluding carboxylic acids is 1. The zero-order valence-electron chi connectivity index (χ0n) is 12.7. The minimum absolute atomic E-state index is 0.0503. The monoisotopic (exact) mass is 307 g/mol. The average molecular weight is 307 g/mol. The van der Waals surface area contributed by atoms with E-state index in [2.05, 4.69) is 0 Å². The number of hydrazine groups is 1. The number of rotatable bonds is 3. The van der Waals surface area contributed by atoms with Gasteiger partial charge in [-0.2, -0.15) is 0 Å². The SMILES string of the molecule is CCn1cc(C(=O)NN)c(=O)c2ccc(-c3ccccc3)cc21. The second-order valence-electron chi connectivity index (χ2n) is 5.23. The summed E-state index contributed by atoms with van der Waals surface area (Å²) in [6.45, 7) is 2.60. The predicted molar refractivity (Wildman–Crippen MR) is 91.0 cm³/mol. The van der Waals surface area contributed by atoms with Crippen LogP contribution in [0.15, 0.2) is 59.5 Å². The van der Waals surface area contributed by atoms with Gasteiger partial charge in [-0.1, -0.05) is 36.4 Å². The summed E-state index contributed by atoms with van der Waals surface area (Å²) < 4.78 is 1.88.